The van der Waals surface area contributed by atoms with Crippen LogP contribution in [0.3, 0.4) is 0 Å². The maximum absolute atomic E-state index is 14.0. The Bertz CT molecular complexity index is 1020. The van der Waals surface area contributed by atoms with Crippen LogP contribution in [0.15, 0.2) is 39.6 Å². The third-order valence-electron chi connectivity index (χ3n) is 4.40. The normalized spacial score (nSPS) is 20.7. The highest BCUT2D eigenvalue weighted by atomic mass is 32.2. The van der Waals surface area contributed by atoms with Gasteiger partial charge in [-0.15, -0.1) is 5.11 Å². The van der Waals surface area contributed by atoms with E-state index in [0.717, 1.165) is 0 Å². The highest BCUT2D eigenvalue weighted by molar-refractivity contribution is 8.00. The molecule has 0 saturated carbocycles. The highest BCUT2D eigenvalue weighted by Crippen LogP contribution is 2.40. The molecule has 6 nitrogen and oxygen atoms in total. The first-order valence-electron chi connectivity index (χ1n) is 8.22. The molecule has 0 aromatic heterocycles. The summed E-state index contributed by atoms with van der Waals surface area (Å²) in [5.74, 6) is -12.0. The Hall–Kier alpha value is -2.70. The van der Waals surface area contributed by atoms with E-state index >= 15 is 0 Å². The molecule has 0 saturated heterocycles. The van der Waals surface area contributed by atoms with E-state index in [9.17, 15) is 22.0 Å². The van der Waals surface area contributed by atoms with Gasteiger partial charge in [0.25, 0.3) is 0 Å². The van der Waals surface area contributed by atoms with E-state index in [1.165, 1.54) is 24.1 Å². The molecular weight excluding hydrogens is 417 g/mol. The van der Waals surface area contributed by atoms with Crippen LogP contribution in [0, 0.1) is 29.1 Å². The molecule has 2 aliphatic heterocycles. The zero-order valence-electron chi connectivity index (χ0n) is 14.3. The molecule has 0 spiro atoms. The first-order valence-corrected chi connectivity index (χ1v) is 9.10. The summed E-state index contributed by atoms with van der Waals surface area (Å²) in [7, 11) is 0. The maximum atomic E-state index is 14.0. The number of benzene rings is 2. The third-order valence-corrected chi connectivity index (χ3v) is 4.95. The molecule has 0 bridgehead atoms. The van der Waals surface area contributed by atoms with E-state index in [4.69, 9.17) is 10.5 Å². The van der Waals surface area contributed by atoms with Crippen LogP contribution >= 0.6 is 11.9 Å². The largest absolute Gasteiger partial charge is 0.451 e. The average molecular weight is 429 g/mol. The van der Waals surface area contributed by atoms with Gasteiger partial charge < -0.3 is 10.5 Å². The van der Waals surface area contributed by atoms with Gasteiger partial charge in [-0.25, -0.2) is 18.0 Å². The number of ether oxygens (including phenoxy) is 1. The lowest BCUT2D eigenvalue weighted by atomic mass is 9.90. The number of rotatable bonds is 3. The number of halogens is 5. The maximum Gasteiger partial charge on any atom is 0.207 e. The van der Waals surface area contributed by atoms with Gasteiger partial charge in [-0.1, -0.05) is 17.4 Å². The van der Waals surface area contributed by atoms with Crippen molar-refractivity contribution in [1.29, 1.82) is 0 Å². The molecule has 2 heterocycles. The number of nitrogens with two attached hydrogens (primary N) is 1. The Labute approximate surface area is 165 Å². The Morgan fingerprint density at radius 3 is 2.38 bits per heavy atom. The third kappa shape index (κ3) is 3.43. The lowest BCUT2D eigenvalue weighted by Crippen LogP contribution is -2.46. The lowest BCUT2D eigenvalue weighted by Gasteiger charge is -2.32. The van der Waals surface area contributed by atoms with Crippen LogP contribution in [-0.4, -0.2) is 6.17 Å². The van der Waals surface area contributed by atoms with Gasteiger partial charge in [0.1, 0.15) is 5.75 Å². The van der Waals surface area contributed by atoms with Gasteiger partial charge in [-0.3, -0.25) is 5.32 Å². The minimum absolute atomic E-state index is 0.0771. The number of hydrogen-bond donors (Lipinski definition) is 3. The second-order valence-corrected chi connectivity index (χ2v) is 6.84. The molecule has 12 heteroatoms. The van der Waals surface area contributed by atoms with Gasteiger partial charge in [0.05, 0.1) is 17.9 Å². The zero-order valence-corrected chi connectivity index (χ0v) is 15.2. The Kier molecular flexibility index (Phi) is 5.15. The Balaban J connectivity index is 1.79. The van der Waals surface area contributed by atoms with Gasteiger partial charge in [0.15, 0.2) is 0 Å². The molecule has 4 N–H and O–H groups in total. The van der Waals surface area contributed by atoms with Crippen molar-refractivity contribution in [3.05, 3.63) is 69.5 Å². The molecular formula is C17H12F5N5OS. The lowest BCUT2D eigenvalue weighted by molar-refractivity contribution is 0.328. The van der Waals surface area contributed by atoms with E-state index < -0.39 is 47.0 Å². The van der Waals surface area contributed by atoms with Gasteiger partial charge in [0, 0.05) is 17.4 Å². The van der Waals surface area contributed by atoms with Gasteiger partial charge in [-0.2, -0.15) is 8.78 Å². The summed E-state index contributed by atoms with van der Waals surface area (Å²) in [5, 5.41) is 12.5. The van der Waals surface area contributed by atoms with E-state index in [1.54, 1.807) is 11.5 Å². The van der Waals surface area contributed by atoms with Crippen molar-refractivity contribution >= 4 is 11.9 Å². The summed E-state index contributed by atoms with van der Waals surface area (Å²) in [6.45, 7) is 0. The van der Waals surface area contributed by atoms with Gasteiger partial charge in [0.2, 0.25) is 34.8 Å². The number of nitrogens with one attached hydrogen (secondary N) is 2. The molecule has 4 rings (SSSR count). The smallest absolute Gasteiger partial charge is 0.207 e. The van der Waals surface area contributed by atoms with Crippen LogP contribution in [0.4, 0.5) is 22.0 Å². The molecule has 2 aromatic rings. The van der Waals surface area contributed by atoms with Crippen molar-refractivity contribution in [2.24, 2.45) is 16.1 Å². The summed E-state index contributed by atoms with van der Waals surface area (Å²) >= 11 is 1.19. The van der Waals surface area contributed by atoms with E-state index in [0.29, 0.717) is 16.8 Å². The van der Waals surface area contributed by atoms with Crippen molar-refractivity contribution < 1.29 is 26.7 Å². The summed E-state index contributed by atoms with van der Waals surface area (Å²) in [6, 6.07) is 4.09. The molecule has 2 atom stereocenters. The molecule has 29 heavy (non-hydrogen) atoms. The van der Waals surface area contributed by atoms with Crippen LogP contribution in [0.5, 0.6) is 11.5 Å². The topological polar surface area (TPSA) is 84.0 Å². The van der Waals surface area contributed by atoms with Crippen LogP contribution < -0.4 is 20.6 Å². The van der Waals surface area contributed by atoms with E-state index in [1.807, 2.05) is 0 Å². The minimum atomic E-state index is -2.26. The monoisotopic (exact) mass is 429 g/mol. The molecule has 0 radical (unpaired) electrons. The molecule has 2 unspecified atom stereocenters. The van der Waals surface area contributed by atoms with Crippen molar-refractivity contribution in [2.75, 3.05) is 0 Å². The average Bonchev–Trinajstić information content (AvgIpc) is 2.74. The number of fused-ring (bicyclic) bond motifs is 1. The molecule has 0 fully saturated rings. The zero-order chi connectivity index (χ0) is 20.7. The van der Waals surface area contributed by atoms with Crippen molar-refractivity contribution in [3.8, 4) is 11.5 Å². The van der Waals surface area contributed by atoms with Crippen LogP contribution in [0.2, 0.25) is 0 Å². The molecule has 2 aromatic carbocycles. The fraction of sp³-hybridized carbons (Fsp3) is 0.176. The van der Waals surface area contributed by atoms with Crippen molar-refractivity contribution in [2.45, 2.75) is 18.6 Å². The summed E-state index contributed by atoms with van der Waals surface area (Å²) in [6.07, 6.45) is -0.391. The van der Waals surface area contributed by atoms with Crippen molar-refractivity contribution in [3.63, 3.8) is 0 Å². The quantitative estimate of drug-likeness (QED) is 0.296. The SMILES string of the molecule is NC1Cc2c(Oc3c(F)c(F)c(F)c(F)c3F)cccc2C(C2=CSNN=N2)N1. The second kappa shape index (κ2) is 7.61. The first kappa shape index (κ1) is 19.6. The molecule has 2 aliphatic rings. The van der Waals surface area contributed by atoms with Gasteiger partial charge in [-0.05, 0) is 23.6 Å². The van der Waals surface area contributed by atoms with E-state index in [2.05, 4.69) is 20.5 Å². The molecule has 152 valence electrons. The van der Waals surface area contributed by atoms with Crippen molar-refractivity contribution in [1.82, 2.24) is 10.1 Å². The highest BCUT2D eigenvalue weighted by Gasteiger charge is 2.32. The van der Waals surface area contributed by atoms with Crippen LogP contribution in [0.1, 0.15) is 17.2 Å². The summed E-state index contributed by atoms with van der Waals surface area (Å²) in [5.41, 5.74) is 7.63. The minimum Gasteiger partial charge on any atom is -0.451 e. The molecule has 0 aliphatic carbocycles. The fourth-order valence-corrected chi connectivity index (χ4v) is 3.56. The predicted octanol–water partition coefficient (Wildman–Crippen LogP) is 4.11. The molecule has 0 amide bonds. The van der Waals surface area contributed by atoms with Gasteiger partial charge >= 0.3 is 0 Å². The number of hydrogen-bond acceptors (Lipinski definition) is 7. The summed E-state index contributed by atoms with van der Waals surface area (Å²) < 4.78 is 73.5. The first-order chi connectivity index (χ1) is 13.9. The van der Waals surface area contributed by atoms with Crippen LogP contribution in [0.25, 0.3) is 0 Å². The Morgan fingerprint density at radius 1 is 1.03 bits per heavy atom. The second-order valence-electron chi connectivity index (χ2n) is 6.19. The van der Waals surface area contributed by atoms with E-state index in [-0.39, 0.29) is 12.2 Å². The Morgan fingerprint density at radius 2 is 1.72 bits per heavy atom. The predicted molar refractivity (Wildman–Crippen MR) is 94.0 cm³/mol. The number of nitrogens with zero attached hydrogens (tertiary/aromatic N) is 2. The summed E-state index contributed by atoms with van der Waals surface area (Å²) in [4.78, 5) is 2.59. The van der Waals surface area contributed by atoms with Crippen LogP contribution in [-0.2, 0) is 6.42 Å². The fourth-order valence-electron chi connectivity index (χ4n) is 3.12. The standard InChI is InChI=1S/C17H12F5N5OS/c18-11-12(19)14(21)17(15(22)13(11)20)28-9-3-1-2-6-7(9)4-10(23)24-16(6)8-5-29-27-26-25-8/h1-3,5,10,16,24H,4,23H2,(H,25,27).